The first-order chi connectivity index (χ1) is 7.27. The molecule has 0 bridgehead atoms. The fraction of sp³-hybridized carbons (Fsp3) is 0.286. The minimum atomic E-state index is -4.14. The Balaban J connectivity index is 3.52. The van der Waals surface area contributed by atoms with Crippen molar-refractivity contribution in [2.24, 2.45) is 5.14 Å². The summed E-state index contributed by atoms with van der Waals surface area (Å²) in [5, 5.41) is 4.15. The molecule has 0 saturated carbocycles. The quantitative estimate of drug-likeness (QED) is 0.855. The fourth-order valence-corrected chi connectivity index (χ4v) is 2.22. The highest BCUT2D eigenvalue weighted by Gasteiger charge is 2.22. The van der Waals surface area contributed by atoms with Crippen LogP contribution in [0.3, 0.4) is 0 Å². The van der Waals surface area contributed by atoms with E-state index in [4.69, 9.17) is 5.14 Å². The summed E-state index contributed by atoms with van der Waals surface area (Å²) in [7, 11) is -2.97. The minimum absolute atomic E-state index is 0.142. The van der Waals surface area contributed by atoms with Gasteiger partial charge >= 0.3 is 0 Å². The average Bonchev–Trinajstić information content (AvgIpc) is 2.14. The van der Waals surface area contributed by atoms with Gasteiger partial charge in [-0.15, -0.1) is 0 Å². The Labute approximate surface area is 98.8 Å². The van der Waals surface area contributed by atoms with Crippen LogP contribution in [0.15, 0.2) is 15.7 Å². The van der Waals surface area contributed by atoms with Crippen LogP contribution in [-0.4, -0.2) is 20.5 Å². The molecule has 0 radical (unpaired) electrons. The molecule has 0 aliphatic heterocycles. The molecule has 1 aromatic heterocycles. The SMILES string of the molecule is COc1c(C(F)F)cc(S(N)(=O)=O)nc1Br. The number of rotatable bonds is 3. The lowest BCUT2D eigenvalue weighted by atomic mass is 10.2. The third kappa shape index (κ3) is 2.66. The van der Waals surface area contributed by atoms with Crippen LogP contribution in [0.5, 0.6) is 5.75 Å². The lowest BCUT2D eigenvalue weighted by Gasteiger charge is -2.10. The Morgan fingerprint density at radius 1 is 1.56 bits per heavy atom. The second-order valence-corrected chi connectivity index (χ2v) is 4.98. The zero-order valence-corrected chi connectivity index (χ0v) is 10.3. The van der Waals surface area contributed by atoms with Crippen LogP contribution >= 0.6 is 15.9 Å². The number of primary sulfonamides is 1. The predicted octanol–water partition coefficient (Wildman–Crippen LogP) is 1.44. The van der Waals surface area contributed by atoms with Crippen molar-refractivity contribution in [1.82, 2.24) is 4.98 Å². The first-order valence-electron chi connectivity index (χ1n) is 3.82. The number of halogens is 3. The Kier molecular flexibility index (Phi) is 3.81. The van der Waals surface area contributed by atoms with Gasteiger partial charge in [0.05, 0.1) is 12.7 Å². The molecule has 0 aromatic carbocycles. The first kappa shape index (κ1) is 13.3. The number of ether oxygens (including phenoxy) is 1. The summed E-state index contributed by atoms with van der Waals surface area (Å²) in [6.07, 6.45) is -2.89. The molecule has 0 atom stereocenters. The molecule has 1 rings (SSSR count). The number of sulfonamides is 1. The van der Waals surface area contributed by atoms with Gasteiger partial charge in [0, 0.05) is 0 Å². The van der Waals surface area contributed by atoms with Crippen LogP contribution in [0, 0.1) is 0 Å². The summed E-state index contributed by atoms with van der Waals surface area (Å²) in [4.78, 5) is 3.50. The van der Waals surface area contributed by atoms with Crippen molar-refractivity contribution in [2.45, 2.75) is 11.5 Å². The summed E-state index contributed by atoms with van der Waals surface area (Å²) in [6, 6.07) is 0.684. The van der Waals surface area contributed by atoms with Gasteiger partial charge < -0.3 is 4.74 Å². The van der Waals surface area contributed by atoms with Crippen LogP contribution in [0.2, 0.25) is 0 Å². The number of nitrogens with two attached hydrogens (primary N) is 1. The van der Waals surface area contributed by atoms with Gasteiger partial charge in [0.1, 0.15) is 4.60 Å². The topological polar surface area (TPSA) is 82.3 Å². The zero-order chi connectivity index (χ0) is 12.5. The van der Waals surface area contributed by atoms with E-state index in [-0.39, 0.29) is 10.4 Å². The van der Waals surface area contributed by atoms with Crippen LogP contribution in [-0.2, 0) is 10.0 Å². The molecule has 90 valence electrons. The van der Waals surface area contributed by atoms with Gasteiger partial charge in [0.2, 0.25) is 0 Å². The Morgan fingerprint density at radius 3 is 2.50 bits per heavy atom. The van der Waals surface area contributed by atoms with Crippen molar-refractivity contribution < 1.29 is 21.9 Å². The van der Waals surface area contributed by atoms with E-state index in [1.807, 2.05) is 0 Å². The number of alkyl halides is 2. The second-order valence-electron chi connectivity index (χ2n) is 2.72. The molecule has 0 saturated heterocycles. The summed E-state index contributed by atoms with van der Waals surface area (Å²) < 4.78 is 51.7. The van der Waals surface area contributed by atoms with Crippen molar-refractivity contribution >= 4 is 26.0 Å². The molecule has 1 heterocycles. The molecule has 5 nitrogen and oxygen atoms in total. The molecule has 0 aliphatic rings. The normalized spacial score (nSPS) is 11.9. The van der Waals surface area contributed by atoms with Gasteiger partial charge in [-0.1, -0.05) is 0 Å². The summed E-state index contributed by atoms with van der Waals surface area (Å²) >= 11 is 2.83. The summed E-state index contributed by atoms with van der Waals surface area (Å²) in [5.41, 5.74) is -0.589. The molecule has 1 aromatic rings. The number of nitrogens with zero attached hydrogens (tertiary/aromatic N) is 1. The van der Waals surface area contributed by atoms with Gasteiger partial charge in [0.25, 0.3) is 16.4 Å². The van der Waals surface area contributed by atoms with Crippen molar-refractivity contribution in [3.63, 3.8) is 0 Å². The van der Waals surface area contributed by atoms with E-state index in [1.54, 1.807) is 0 Å². The maximum absolute atomic E-state index is 12.6. The number of aromatic nitrogens is 1. The third-order valence-electron chi connectivity index (χ3n) is 1.67. The smallest absolute Gasteiger partial charge is 0.267 e. The number of hydrogen-bond donors (Lipinski definition) is 1. The zero-order valence-electron chi connectivity index (χ0n) is 7.95. The van der Waals surface area contributed by atoms with Crippen molar-refractivity contribution in [3.05, 3.63) is 16.2 Å². The highest BCUT2D eigenvalue weighted by Crippen LogP contribution is 2.35. The molecule has 0 fully saturated rings. The Hall–Kier alpha value is -0.800. The Morgan fingerprint density at radius 2 is 2.12 bits per heavy atom. The maximum Gasteiger partial charge on any atom is 0.267 e. The average molecular weight is 317 g/mol. The van der Waals surface area contributed by atoms with Crippen LogP contribution < -0.4 is 9.88 Å². The lowest BCUT2D eigenvalue weighted by Crippen LogP contribution is -2.15. The first-order valence-corrected chi connectivity index (χ1v) is 6.16. The van der Waals surface area contributed by atoms with Crippen molar-refractivity contribution in [2.75, 3.05) is 7.11 Å². The summed E-state index contributed by atoms with van der Waals surface area (Å²) in [6.45, 7) is 0. The molecular weight excluding hydrogens is 310 g/mol. The largest absolute Gasteiger partial charge is 0.493 e. The monoisotopic (exact) mass is 316 g/mol. The molecular formula is C7H7BrF2N2O3S. The molecule has 16 heavy (non-hydrogen) atoms. The second kappa shape index (κ2) is 4.60. The maximum atomic E-state index is 12.6. The molecule has 0 spiro atoms. The molecule has 0 aliphatic carbocycles. The lowest BCUT2D eigenvalue weighted by molar-refractivity contribution is 0.146. The number of hydrogen-bond acceptors (Lipinski definition) is 4. The van der Waals surface area contributed by atoms with E-state index in [1.165, 1.54) is 7.11 Å². The predicted molar refractivity (Wildman–Crippen MR) is 54.8 cm³/mol. The van der Waals surface area contributed by atoms with Crippen LogP contribution in [0.4, 0.5) is 8.78 Å². The molecule has 0 amide bonds. The van der Waals surface area contributed by atoms with E-state index in [9.17, 15) is 17.2 Å². The van der Waals surface area contributed by atoms with Gasteiger partial charge in [-0.25, -0.2) is 27.3 Å². The van der Waals surface area contributed by atoms with Crippen LogP contribution in [0.1, 0.15) is 12.0 Å². The van der Waals surface area contributed by atoms with Crippen molar-refractivity contribution in [3.8, 4) is 5.75 Å². The number of pyridine rings is 1. The van der Waals surface area contributed by atoms with E-state index >= 15 is 0 Å². The number of methoxy groups -OCH3 is 1. The highest BCUT2D eigenvalue weighted by molar-refractivity contribution is 9.10. The van der Waals surface area contributed by atoms with E-state index in [0.717, 1.165) is 0 Å². The van der Waals surface area contributed by atoms with E-state index in [2.05, 4.69) is 25.7 Å². The standard InChI is InChI=1S/C7H7BrF2N2O3S/c1-15-5-3(7(9)10)2-4(12-6(5)8)16(11,13)14/h2,7H,1H3,(H2,11,13,14). The van der Waals surface area contributed by atoms with Gasteiger partial charge in [-0.3, -0.25) is 0 Å². The summed E-state index contributed by atoms with van der Waals surface area (Å²) in [5.74, 6) is -0.220. The highest BCUT2D eigenvalue weighted by atomic mass is 79.9. The van der Waals surface area contributed by atoms with E-state index < -0.39 is 27.0 Å². The molecule has 2 N–H and O–H groups in total. The Bertz CT molecular complexity index is 507. The van der Waals surface area contributed by atoms with Crippen LogP contribution in [0.25, 0.3) is 0 Å². The third-order valence-corrected chi connectivity index (χ3v) is 3.00. The molecule has 9 heteroatoms. The molecule has 0 unspecified atom stereocenters. The van der Waals surface area contributed by atoms with E-state index in [0.29, 0.717) is 6.07 Å². The fourth-order valence-electron chi connectivity index (χ4n) is 1.01. The van der Waals surface area contributed by atoms with Gasteiger partial charge in [-0.05, 0) is 22.0 Å². The van der Waals surface area contributed by atoms with Crippen molar-refractivity contribution in [1.29, 1.82) is 0 Å². The van der Waals surface area contributed by atoms with Gasteiger partial charge in [0.15, 0.2) is 10.8 Å². The minimum Gasteiger partial charge on any atom is -0.493 e. The van der Waals surface area contributed by atoms with Gasteiger partial charge in [-0.2, -0.15) is 0 Å².